The average molecular weight is 320 g/mol. The molecule has 23 heavy (non-hydrogen) atoms. The molecule has 0 atom stereocenters. The van der Waals surface area contributed by atoms with Crippen LogP contribution >= 0.6 is 0 Å². The van der Waals surface area contributed by atoms with Gasteiger partial charge in [-0.15, -0.1) is 0 Å². The van der Waals surface area contributed by atoms with Gasteiger partial charge in [0.1, 0.15) is 12.4 Å². The van der Waals surface area contributed by atoms with Crippen LogP contribution in [0.2, 0.25) is 0 Å². The van der Waals surface area contributed by atoms with Crippen molar-refractivity contribution in [3.8, 4) is 0 Å². The zero-order valence-corrected chi connectivity index (χ0v) is 14.2. The van der Waals surface area contributed by atoms with Crippen LogP contribution in [0.15, 0.2) is 6.07 Å². The summed E-state index contributed by atoms with van der Waals surface area (Å²) in [6.07, 6.45) is 4.55. The highest BCUT2D eigenvalue weighted by Gasteiger charge is 2.30. The van der Waals surface area contributed by atoms with Crippen LogP contribution in [0.25, 0.3) is 0 Å². The van der Waals surface area contributed by atoms with Gasteiger partial charge in [0.05, 0.1) is 6.10 Å². The van der Waals surface area contributed by atoms with Gasteiger partial charge >= 0.3 is 0 Å². The minimum Gasteiger partial charge on any atom is -0.378 e. The van der Waals surface area contributed by atoms with E-state index in [9.17, 15) is 0 Å². The Morgan fingerprint density at radius 3 is 2.61 bits per heavy atom. The topological polar surface area (TPSA) is 73.5 Å². The van der Waals surface area contributed by atoms with Gasteiger partial charge in [0.2, 0.25) is 0 Å². The highest BCUT2D eigenvalue weighted by Crippen LogP contribution is 2.36. The molecule has 1 aromatic heterocycles. The summed E-state index contributed by atoms with van der Waals surface area (Å²) in [6, 6.07) is 2.47. The van der Waals surface area contributed by atoms with Crippen molar-refractivity contribution in [3.63, 3.8) is 0 Å². The zero-order valence-electron chi connectivity index (χ0n) is 14.2. The lowest BCUT2D eigenvalue weighted by Gasteiger charge is -2.35. The van der Waals surface area contributed by atoms with Gasteiger partial charge in [-0.05, 0) is 32.6 Å². The van der Waals surface area contributed by atoms with Crippen molar-refractivity contribution in [2.75, 3.05) is 31.7 Å². The molecule has 1 saturated carbocycles. The summed E-state index contributed by atoms with van der Waals surface area (Å²) in [7, 11) is 1.68. The number of hydrogen-bond donors (Lipinski definition) is 1. The van der Waals surface area contributed by atoms with Crippen LogP contribution in [0, 0.1) is 0 Å². The Kier molecular flexibility index (Phi) is 5.46. The fourth-order valence-corrected chi connectivity index (χ4v) is 3.46. The largest absolute Gasteiger partial charge is 0.378 e. The molecule has 1 aliphatic heterocycles. The molecule has 2 heterocycles. The molecule has 2 fully saturated rings. The van der Waals surface area contributed by atoms with E-state index in [1.807, 2.05) is 0 Å². The Hall–Kier alpha value is -1.24. The fraction of sp³-hybridized carbons (Fsp3) is 0.765. The van der Waals surface area contributed by atoms with Crippen LogP contribution in [-0.2, 0) is 16.1 Å². The number of rotatable bonds is 6. The second kappa shape index (κ2) is 7.55. The van der Waals surface area contributed by atoms with E-state index < -0.39 is 0 Å². The number of piperidine rings is 1. The lowest BCUT2D eigenvalue weighted by Crippen LogP contribution is -2.38. The van der Waals surface area contributed by atoms with Crippen molar-refractivity contribution in [3.05, 3.63) is 17.6 Å². The molecule has 1 aromatic rings. The van der Waals surface area contributed by atoms with Crippen LogP contribution in [0.1, 0.15) is 50.0 Å². The lowest BCUT2D eigenvalue weighted by atomic mass is 9.78. The van der Waals surface area contributed by atoms with Crippen LogP contribution in [0.3, 0.4) is 0 Å². The quantitative estimate of drug-likeness (QED) is 0.862. The monoisotopic (exact) mass is 320 g/mol. The van der Waals surface area contributed by atoms with Crippen molar-refractivity contribution in [1.82, 2.24) is 9.97 Å². The van der Waals surface area contributed by atoms with E-state index in [1.54, 1.807) is 7.11 Å². The molecule has 6 nitrogen and oxygen atoms in total. The Labute approximate surface area is 138 Å². The second-order valence-corrected chi connectivity index (χ2v) is 6.57. The van der Waals surface area contributed by atoms with Gasteiger partial charge in [-0.1, -0.05) is 0 Å². The number of anilines is 1. The number of hydrogen-bond acceptors (Lipinski definition) is 6. The summed E-state index contributed by atoms with van der Waals surface area (Å²) in [4.78, 5) is 11.7. The highest BCUT2D eigenvalue weighted by atomic mass is 16.5. The molecule has 0 radical (unpaired) electrons. The standard InChI is InChI=1S/C17H28N4O2/c1-3-23-14-4-6-21(7-5-14)17-10-15(12-8-13(18)9-12)19-16(20-17)11-22-2/h10,12-14H,3-9,11,18H2,1-2H3. The molecular weight excluding hydrogens is 292 g/mol. The fourth-order valence-electron chi connectivity index (χ4n) is 3.46. The minimum absolute atomic E-state index is 0.325. The zero-order chi connectivity index (χ0) is 16.2. The molecule has 0 bridgehead atoms. The lowest BCUT2D eigenvalue weighted by molar-refractivity contribution is 0.0458. The normalized spacial score (nSPS) is 25.4. The molecule has 2 aliphatic rings. The van der Waals surface area contributed by atoms with Crippen molar-refractivity contribution < 1.29 is 9.47 Å². The maximum Gasteiger partial charge on any atom is 0.156 e. The highest BCUT2D eigenvalue weighted by molar-refractivity contribution is 5.41. The number of ether oxygens (including phenoxy) is 2. The van der Waals surface area contributed by atoms with Gasteiger partial charge in [-0.3, -0.25) is 0 Å². The summed E-state index contributed by atoms with van der Waals surface area (Å²) in [5.41, 5.74) is 7.06. The van der Waals surface area contributed by atoms with Gasteiger partial charge < -0.3 is 20.1 Å². The summed E-state index contributed by atoms with van der Waals surface area (Å²) in [5, 5.41) is 0. The minimum atomic E-state index is 0.325. The van der Waals surface area contributed by atoms with Crippen molar-refractivity contribution in [2.24, 2.45) is 5.73 Å². The smallest absolute Gasteiger partial charge is 0.156 e. The van der Waals surface area contributed by atoms with Crippen molar-refractivity contribution in [1.29, 1.82) is 0 Å². The summed E-state index contributed by atoms with van der Waals surface area (Å²) in [5.74, 6) is 2.27. The third kappa shape index (κ3) is 4.00. The van der Waals surface area contributed by atoms with Gasteiger partial charge in [0.25, 0.3) is 0 Å². The molecule has 1 aliphatic carbocycles. The van der Waals surface area contributed by atoms with E-state index in [0.29, 0.717) is 24.7 Å². The van der Waals surface area contributed by atoms with E-state index in [0.717, 1.165) is 62.7 Å². The van der Waals surface area contributed by atoms with Gasteiger partial charge in [0.15, 0.2) is 5.82 Å². The Bertz CT molecular complexity index is 511. The van der Waals surface area contributed by atoms with E-state index in [2.05, 4.69) is 22.9 Å². The number of aromatic nitrogens is 2. The molecule has 0 aromatic carbocycles. The van der Waals surface area contributed by atoms with Crippen LogP contribution < -0.4 is 10.6 Å². The maximum atomic E-state index is 5.94. The summed E-state index contributed by atoms with van der Waals surface area (Å²) < 4.78 is 11.0. The molecule has 0 spiro atoms. The van der Waals surface area contributed by atoms with Gasteiger partial charge in [-0.25, -0.2) is 9.97 Å². The predicted molar refractivity (Wildman–Crippen MR) is 89.6 cm³/mol. The molecular formula is C17H28N4O2. The van der Waals surface area contributed by atoms with E-state index in [4.69, 9.17) is 20.2 Å². The first-order chi connectivity index (χ1) is 11.2. The Balaban J connectivity index is 1.73. The molecule has 0 unspecified atom stereocenters. The van der Waals surface area contributed by atoms with Crippen molar-refractivity contribution in [2.45, 2.75) is 57.3 Å². The van der Waals surface area contributed by atoms with E-state index in [1.165, 1.54) is 0 Å². The van der Waals surface area contributed by atoms with Crippen LogP contribution in [-0.4, -0.2) is 48.9 Å². The van der Waals surface area contributed by atoms with Crippen LogP contribution in [0.4, 0.5) is 5.82 Å². The summed E-state index contributed by atoms with van der Waals surface area (Å²) in [6.45, 7) is 5.27. The average Bonchev–Trinajstić information content (AvgIpc) is 2.53. The van der Waals surface area contributed by atoms with Crippen molar-refractivity contribution >= 4 is 5.82 Å². The Morgan fingerprint density at radius 1 is 1.26 bits per heavy atom. The number of methoxy groups -OCH3 is 1. The molecule has 6 heteroatoms. The first kappa shape index (κ1) is 16.6. The van der Waals surface area contributed by atoms with Crippen LogP contribution in [0.5, 0.6) is 0 Å². The van der Waals surface area contributed by atoms with E-state index >= 15 is 0 Å². The maximum absolute atomic E-state index is 5.94. The first-order valence-electron chi connectivity index (χ1n) is 8.68. The molecule has 2 N–H and O–H groups in total. The number of nitrogens with zero attached hydrogens (tertiary/aromatic N) is 3. The Morgan fingerprint density at radius 2 is 2.00 bits per heavy atom. The predicted octanol–water partition coefficient (Wildman–Crippen LogP) is 1.83. The first-order valence-corrected chi connectivity index (χ1v) is 8.68. The van der Waals surface area contributed by atoms with E-state index in [-0.39, 0.29) is 0 Å². The van der Waals surface area contributed by atoms with Gasteiger partial charge in [0, 0.05) is 50.5 Å². The molecule has 3 rings (SSSR count). The third-order valence-corrected chi connectivity index (χ3v) is 4.81. The second-order valence-electron chi connectivity index (χ2n) is 6.57. The summed E-state index contributed by atoms with van der Waals surface area (Å²) >= 11 is 0. The number of nitrogens with two attached hydrogens (primary N) is 1. The molecule has 128 valence electrons. The SMILES string of the molecule is CCOC1CCN(c2cc(C3CC(N)C3)nc(COC)n2)CC1. The molecule has 0 amide bonds. The third-order valence-electron chi connectivity index (χ3n) is 4.81. The van der Waals surface area contributed by atoms with Gasteiger partial charge in [-0.2, -0.15) is 0 Å². The molecule has 1 saturated heterocycles.